The molecule has 3 unspecified atom stereocenters. The van der Waals surface area contributed by atoms with E-state index in [1.807, 2.05) is 0 Å². The fourth-order valence-electron chi connectivity index (χ4n) is 0.852. The number of carbonyl (C=O) groups is 1. The number of hydrogen-bond acceptors (Lipinski definition) is 5. The van der Waals surface area contributed by atoms with E-state index in [4.69, 9.17) is 24.8 Å². The summed E-state index contributed by atoms with van der Waals surface area (Å²) in [5.41, 5.74) is 0. The second-order valence-corrected chi connectivity index (χ2v) is 3.31. The number of ether oxygens (including phenoxy) is 2. The highest BCUT2D eigenvalue weighted by molar-refractivity contribution is 5.71. The van der Waals surface area contributed by atoms with Crippen molar-refractivity contribution in [3.05, 3.63) is 0 Å². The van der Waals surface area contributed by atoms with Gasteiger partial charge in [0.1, 0.15) is 6.10 Å². The lowest BCUT2D eigenvalue weighted by Gasteiger charge is -2.18. The molecule has 0 spiro atoms. The Labute approximate surface area is 88.4 Å². The second kappa shape index (κ2) is 7.58. The summed E-state index contributed by atoms with van der Waals surface area (Å²) in [5, 5.41) is 26.3. The summed E-state index contributed by atoms with van der Waals surface area (Å²) < 4.78 is 9.99. The van der Waals surface area contributed by atoms with Crippen molar-refractivity contribution in [2.45, 2.75) is 32.2 Å². The lowest BCUT2D eigenvalue weighted by molar-refractivity contribution is -0.157. The number of aliphatic carboxylic acids is 1. The van der Waals surface area contributed by atoms with Gasteiger partial charge in [-0.3, -0.25) is 0 Å². The highest BCUT2D eigenvalue weighted by Crippen LogP contribution is 2.00. The van der Waals surface area contributed by atoms with Crippen LogP contribution >= 0.6 is 0 Å². The number of rotatable bonds is 8. The fraction of sp³-hybridized carbons (Fsp3) is 0.889. The number of aliphatic hydroxyl groups excluding tert-OH is 2. The minimum absolute atomic E-state index is 0.0546. The van der Waals surface area contributed by atoms with Crippen LogP contribution in [0.4, 0.5) is 0 Å². The van der Waals surface area contributed by atoms with Crippen LogP contribution in [0.15, 0.2) is 0 Å². The number of hydrogen-bond donors (Lipinski definition) is 3. The van der Waals surface area contributed by atoms with Crippen molar-refractivity contribution in [1.82, 2.24) is 0 Å². The van der Waals surface area contributed by atoms with Crippen molar-refractivity contribution in [3.8, 4) is 0 Å². The first-order valence-corrected chi connectivity index (χ1v) is 4.72. The Kier molecular flexibility index (Phi) is 7.23. The molecular formula is C9H18O6. The van der Waals surface area contributed by atoms with Crippen LogP contribution in [0.1, 0.15) is 13.8 Å². The van der Waals surface area contributed by atoms with Crippen LogP contribution in [0.25, 0.3) is 0 Å². The summed E-state index contributed by atoms with van der Waals surface area (Å²) in [6.45, 7) is 2.80. The summed E-state index contributed by atoms with van der Waals surface area (Å²) in [6, 6.07) is 0. The molecule has 0 aliphatic rings. The van der Waals surface area contributed by atoms with Gasteiger partial charge in [0.05, 0.1) is 25.9 Å². The highest BCUT2D eigenvalue weighted by Gasteiger charge is 2.18. The first-order valence-electron chi connectivity index (χ1n) is 4.72. The van der Waals surface area contributed by atoms with Gasteiger partial charge in [0, 0.05) is 0 Å². The van der Waals surface area contributed by atoms with Crippen LogP contribution in [0.3, 0.4) is 0 Å². The maximum Gasteiger partial charge on any atom is 0.332 e. The molecule has 0 radical (unpaired) electrons. The molecule has 0 aromatic rings. The van der Waals surface area contributed by atoms with Crippen molar-refractivity contribution in [2.75, 3.05) is 19.8 Å². The molecule has 0 aliphatic carbocycles. The van der Waals surface area contributed by atoms with Gasteiger partial charge in [-0.05, 0) is 13.8 Å². The Hall–Kier alpha value is -0.690. The molecule has 3 N–H and O–H groups in total. The van der Waals surface area contributed by atoms with Gasteiger partial charge in [-0.25, -0.2) is 4.79 Å². The van der Waals surface area contributed by atoms with Crippen LogP contribution in [0.5, 0.6) is 0 Å². The Bertz CT molecular complexity index is 181. The largest absolute Gasteiger partial charge is 0.479 e. The van der Waals surface area contributed by atoms with Gasteiger partial charge in [-0.15, -0.1) is 0 Å². The van der Waals surface area contributed by atoms with Crippen molar-refractivity contribution in [1.29, 1.82) is 0 Å². The van der Waals surface area contributed by atoms with Crippen LogP contribution in [-0.4, -0.2) is 59.4 Å². The predicted octanol–water partition coefficient (Wildman–Crippen LogP) is -0.766. The summed E-state index contributed by atoms with van der Waals surface area (Å²) in [7, 11) is 0. The third kappa shape index (κ3) is 7.26. The molecule has 15 heavy (non-hydrogen) atoms. The monoisotopic (exact) mass is 222 g/mol. The molecule has 0 heterocycles. The lowest BCUT2D eigenvalue weighted by atomic mass is 10.3. The smallest absolute Gasteiger partial charge is 0.332 e. The molecule has 0 bridgehead atoms. The molecule has 0 saturated carbocycles. The zero-order valence-electron chi connectivity index (χ0n) is 8.92. The highest BCUT2D eigenvalue weighted by atomic mass is 16.6. The SMILES string of the molecule is CC(O)COCC(CO)OC(C)C(=O)O. The molecule has 6 heteroatoms. The third-order valence-corrected chi connectivity index (χ3v) is 1.61. The molecule has 0 aliphatic heterocycles. The number of aliphatic hydroxyl groups is 2. The van der Waals surface area contributed by atoms with E-state index < -0.39 is 24.3 Å². The van der Waals surface area contributed by atoms with Gasteiger partial charge in [0.25, 0.3) is 0 Å². The zero-order chi connectivity index (χ0) is 11.8. The maximum absolute atomic E-state index is 10.4. The topological polar surface area (TPSA) is 96.2 Å². The van der Waals surface area contributed by atoms with Crippen LogP contribution < -0.4 is 0 Å². The molecule has 0 fully saturated rings. The van der Waals surface area contributed by atoms with E-state index in [0.29, 0.717) is 0 Å². The molecule has 0 amide bonds. The van der Waals surface area contributed by atoms with Gasteiger partial charge >= 0.3 is 5.97 Å². The normalized spacial score (nSPS) is 17.1. The average Bonchev–Trinajstić information content (AvgIpc) is 2.15. The molecule has 0 rings (SSSR count). The van der Waals surface area contributed by atoms with Gasteiger partial charge in [-0.2, -0.15) is 0 Å². The molecule has 0 aromatic heterocycles. The first kappa shape index (κ1) is 14.3. The second-order valence-electron chi connectivity index (χ2n) is 3.31. The van der Waals surface area contributed by atoms with Gasteiger partial charge in [-0.1, -0.05) is 0 Å². The standard InChI is InChI=1S/C9H18O6/c1-6(11)4-14-5-8(3-10)15-7(2)9(12)13/h6-8,10-11H,3-5H2,1-2H3,(H,12,13). The third-order valence-electron chi connectivity index (χ3n) is 1.61. The number of carboxylic acid groups (broad SMARTS) is 1. The Morgan fingerprint density at radius 2 is 1.93 bits per heavy atom. The molecule has 0 saturated heterocycles. The molecule has 0 aromatic carbocycles. The minimum Gasteiger partial charge on any atom is -0.479 e. The molecule has 90 valence electrons. The van der Waals surface area contributed by atoms with E-state index in [1.165, 1.54) is 6.92 Å². The minimum atomic E-state index is -1.09. The quantitative estimate of drug-likeness (QED) is 0.499. The first-order chi connectivity index (χ1) is 6.97. The fourth-order valence-corrected chi connectivity index (χ4v) is 0.852. The summed E-state index contributed by atoms with van der Waals surface area (Å²) >= 11 is 0. The molecular weight excluding hydrogens is 204 g/mol. The van der Waals surface area contributed by atoms with Crippen LogP contribution in [0.2, 0.25) is 0 Å². The van der Waals surface area contributed by atoms with E-state index >= 15 is 0 Å². The zero-order valence-corrected chi connectivity index (χ0v) is 8.92. The summed E-state index contributed by atoms with van der Waals surface area (Å²) in [5.74, 6) is -1.09. The predicted molar refractivity (Wildman–Crippen MR) is 51.6 cm³/mol. The van der Waals surface area contributed by atoms with Crippen molar-refractivity contribution in [3.63, 3.8) is 0 Å². The van der Waals surface area contributed by atoms with Gasteiger partial charge in [0.15, 0.2) is 6.10 Å². The molecule has 6 nitrogen and oxygen atoms in total. The van der Waals surface area contributed by atoms with Gasteiger partial charge < -0.3 is 24.8 Å². The average molecular weight is 222 g/mol. The van der Waals surface area contributed by atoms with Crippen molar-refractivity contribution in [2.24, 2.45) is 0 Å². The molecule has 3 atom stereocenters. The van der Waals surface area contributed by atoms with Crippen LogP contribution in [0, 0.1) is 0 Å². The lowest BCUT2D eigenvalue weighted by Crippen LogP contribution is -2.33. The Morgan fingerprint density at radius 1 is 1.33 bits per heavy atom. The maximum atomic E-state index is 10.4. The summed E-state index contributed by atoms with van der Waals surface area (Å²) in [6.07, 6.45) is -2.27. The van der Waals surface area contributed by atoms with E-state index in [1.54, 1.807) is 6.92 Å². The van der Waals surface area contributed by atoms with E-state index in [9.17, 15) is 4.79 Å². The Morgan fingerprint density at radius 3 is 2.33 bits per heavy atom. The van der Waals surface area contributed by atoms with Crippen molar-refractivity contribution >= 4 is 5.97 Å². The summed E-state index contributed by atoms with van der Waals surface area (Å²) in [4.78, 5) is 10.4. The van der Waals surface area contributed by atoms with Crippen molar-refractivity contribution < 1.29 is 29.6 Å². The van der Waals surface area contributed by atoms with Crippen LogP contribution in [-0.2, 0) is 14.3 Å². The van der Waals surface area contributed by atoms with E-state index in [0.717, 1.165) is 0 Å². The van der Waals surface area contributed by atoms with E-state index in [2.05, 4.69) is 0 Å². The number of carboxylic acids is 1. The van der Waals surface area contributed by atoms with E-state index in [-0.39, 0.29) is 19.8 Å². The Balaban J connectivity index is 3.77. The van der Waals surface area contributed by atoms with Gasteiger partial charge in [0.2, 0.25) is 0 Å².